The van der Waals surface area contributed by atoms with Gasteiger partial charge in [0.1, 0.15) is 5.82 Å². The summed E-state index contributed by atoms with van der Waals surface area (Å²) in [7, 11) is 3.16. The van der Waals surface area contributed by atoms with Crippen molar-refractivity contribution in [1.82, 2.24) is 15.1 Å². The number of benzene rings is 2. The van der Waals surface area contributed by atoms with Crippen molar-refractivity contribution in [3.8, 4) is 17.2 Å². The van der Waals surface area contributed by atoms with Crippen LogP contribution in [0, 0.1) is 19.7 Å². The fourth-order valence-corrected chi connectivity index (χ4v) is 3.42. The van der Waals surface area contributed by atoms with E-state index in [-0.39, 0.29) is 24.2 Å². The summed E-state index contributed by atoms with van der Waals surface area (Å²) in [6, 6.07) is 11.5. The van der Waals surface area contributed by atoms with E-state index in [2.05, 4.69) is 10.4 Å². The zero-order valence-electron chi connectivity index (χ0n) is 17.8. The maximum atomic E-state index is 13.2. The first-order valence-corrected chi connectivity index (χ1v) is 9.66. The molecular weight excluding hydrogens is 385 g/mol. The fourth-order valence-electron chi connectivity index (χ4n) is 3.42. The third-order valence-electron chi connectivity index (χ3n) is 5.13. The molecule has 1 N–H and O–H groups in total. The Labute approximate surface area is 175 Å². The summed E-state index contributed by atoms with van der Waals surface area (Å²) in [6.45, 7) is 5.69. The summed E-state index contributed by atoms with van der Waals surface area (Å²) in [5, 5.41) is 7.55. The highest BCUT2D eigenvalue weighted by Crippen LogP contribution is 2.30. The number of amides is 1. The van der Waals surface area contributed by atoms with Gasteiger partial charge < -0.3 is 14.8 Å². The molecule has 0 spiro atoms. The Balaban J connectivity index is 1.74. The van der Waals surface area contributed by atoms with Gasteiger partial charge in [-0.3, -0.25) is 4.79 Å². The van der Waals surface area contributed by atoms with Crippen LogP contribution in [-0.4, -0.2) is 29.9 Å². The second kappa shape index (κ2) is 8.98. The lowest BCUT2D eigenvalue weighted by atomic mass is 10.1. The molecule has 1 atom stereocenters. The number of carbonyl (C=O) groups is 1. The van der Waals surface area contributed by atoms with E-state index < -0.39 is 0 Å². The number of nitrogens with one attached hydrogen (secondary N) is 1. The van der Waals surface area contributed by atoms with Crippen LogP contribution in [0.5, 0.6) is 11.5 Å². The van der Waals surface area contributed by atoms with Gasteiger partial charge in [0.05, 0.1) is 38.1 Å². The molecule has 158 valence electrons. The van der Waals surface area contributed by atoms with Gasteiger partial charge in [-0.2, -0.15) is 5.10 Å². The Morgan fingerprint density at radius 3 is 2.40 bits per heavy atom. The number of ether oxygens (including phenoxy) is 2. The molecule has 0 aliphatic carbocycles. The number of carbonyl (C=O) groups excluding carboxylic acids is 1. The van der Waals surface area contributed by atoms with Crippen molar-refractivity contribution in [3.63, 3.8) is 0 Å². The molecule has 0 radical (unpaired) electrons. The van der Waals surface area contributed by atoms with Gasteiger partial charge in [0.15, 0.2) is 11.5 Å². The summed E-state index contributed by atoms with van der Waals surface area (Å²) in [5.74, 6) is 0.841. The highest BCUT2D eigenvalue weighted by molar-refractivity contribution is 5.79. The number of nitrogens with zero attached hydrogens (tertiary/aromatic N) is 2. The Bertz CT molecular complexity index is 1040. The zero-order valence-corrected chi connectivity index (χ0v) is 17.8. The zero-order chi connectivity index (χ0) is 21.8. The van der Waals surface area contributed by atoms with E-state index in [1.165, 1.54) is 12.1 Å². The SMILES string of the molecule is COc1ccc(C(C)NC(=O)Cc2c(C)nn(-c3ccc(F)cc3)c2C)cc1OC. The maximum Gasteiger partial charge on any atom is 0.225 e. The minimum Gasteiger partial charge on any atom is -0.493 e. The first kappa shape index (κ1) is 21.4. The molecule has 1 unspecified atom stereocenters. The fraction of sp³-hybridized carbons (Fsp3) is 0.304. The molecule has 30 heavy (non-hydrogen) atoms. The van der Waals surface area contributed by atoms with E-state index in [9.17, 15) is 9.18 Å². The molecule has 0 saturated heterocycles. The predicted octanol–water partition coefficient (Wildman–Crippen LogP) is 4.07. The van der Waals surface area contributed by atoms with Crippen LogP contribution in [0.2, 0.25) is 0 Å². The highest BCUT2D eigenvalue weighted by Gasteiger charge is 2.18. The molecule has 0 bridgehead atoms. The number of hydrogen-bond acceptors (Lipinski definition) is 4. The molecule has 3 aromatic rings. The number of halogens is 1. The van der Waals surface area contributed by atoms with Crippen molar-refractivity contribution in [2.24, 2.45) is 0 Å². The standard InChI is InChI=1S/C23H26FN3O3/c1-14(17-6-11-21(29-4)22(12-17)30-5)25-23(28)13-20-15(2)26-27(16(20)3)19-9-7-18(24)8-10-19/h6-12,14H,13H2,1-5H3,(H,25,28). The first-order valence-electron chi connectivity index (χ1n) is 9.66. The lowest BCUT2D eigenvalue weighted by molar-refractivity contribution is -0.121. The largest absolute Gasteiger partial charge is 0.493 e. The maximum absolute atomic E-state index is 13.2. The van der Waals surface area contributed by atoms with Gasteiger partial charge in [-0.25, -0.2) is 9.07 Å². The quantitative estimate of drug-likeness (QED) is 0.637. The number of hydrogen-bond donors (Lipinski definition) is 1. The monoisotopic (exact) mass is 411 g/mol. The summed E-state index contributed by atoms with van der Waals surface area (Å²) in [5.41, 5.74) is 4.15. The van der Waals surface area contributed by atoms with Crippen LogP contribution in [0.4, 0.5) is 4.39 Å². The molecule has 0 aliphatic rings. The molecule has 0 fully saturated rings. The third-order valence-corrected chi connectivity index (χ3v) is 5.13. The van der Waals surface area contributed by atoms with Gasteiger partial charge in [0.25, 0.3) is 0 Å². The van der Waals surface area contributed by atoms with E-state index in [0.717, 1.165) is 28.2 Å². The average molecular weight is 411 g/mol. The van der Waals surface area contributed by atoms with E-state index in [0.29, 0.717) is 11.5 Å². The van der Waals surface area contributed by atoms with Crippen molar-refractivity contribution < 1.29 is 18.7 Å². The minimum atomic E-state index is -0.302. The normalized spacial score (nSPS) is 11.8. The third kappa shape index (κ3) is 4.45. The minimum absolute atomic E-state index is 0.109. The molecule has 6 nitrogen and oxygen atoms in total. The van der Waals surface area contributed by atoms with Crippen LogP contribution in [-0.2, 0) is 11.2 Å². The van der Waals surface area contributed by atoms with Crippen LogP contribution in [0.15, 0.2) is 42.5 Å². The summed E-state index contributed by atoms with van der Waals surface area (Å²) < 4.78 is 25.5. The van der Waals surface area contributed by atoms with E-state index >= 15 is 0 Å². The van der Waals surface area contributed by atoms with Crippen molar-refractivity contribution in [2.75, 3.05) is 14.2 Å². The van der Waals surface area contributed by atoms with E-state index in [4.69, 9.17) is 9.47 Å². The van der Waals surface area contributed by atoms with Gasteiger partial charge in [-0.1, -0.05) is 6.07 Å². The Hall–Kier alpha value is -3.35. The lowest BCUT2D eigenvalue weighted by Gasteiger charge is -2.16. The molecular formula is C23H26FN3O3. The van der Waals surface area contributed by atoms with Gasteiger partial charge in [0.2, 0.25) is 5.91 Å². The molecule has 0 saturated carbocycles. The Kier molecular flexibility index (Phi) is 6.40. The molecule has 1 heterocycles. The van der Waals surface area contributed by atoms with E-state index in [1.54, 1.807) is 31.0 Å². The van der Waals surface area contributed by atoms with E-state index in [1.807, 2.05) is 39.0 Å². The molecule has 0 aliphatic heterocycles. The Morgan fingerprint density at radius 2 is 1.77 bits per heavy atom. The molecule has 1 aromatic heterocycles. The number of methoxy groups -OCH3 is 2. The van der Waals surface area contributed by atoms with Crippen molar-refractivity contribution in [2.45, 2.75) is 33.2 Å². The molecule has 2 aromatic carbocycles. The van der Waals surface area contributed by atoms with Gasteiger partial charge in [-0.05, 0) is 62.7 Å². The predicted molar refractivity (Wildman–Crippen MR) is 113 cm³/mol. The highest BCUT2D eigenvalue weighted by atomic mass is 19.1. The van der Waals surface area contributed by atoms with Crippen molar-refractivity contribution >= 4 is 5.91 Å². The van der Waals surface area contributed by atoms with Crippen LogP contribution < -0.4 is 14.8 Å². The smallest absolute Gasteiger partial charge is 0.225 e. The van der Waals surface area contributed by atoms with Crippen LogP contribution >= 0.6 is 0 Å². The topological polar surface area (TPSA) is 65.4 Å². The number of aryl methyl sites for hydroxylation is 1. The van der Waals surface area contributed by atoms with Gasteiger partial charge >= 0.3 is 0 Å². The summed E-state index contributed by atoms with van der Waals surface area (Å²) in [6.07, 6.45) is 0.205. The summed E-state index contributed by atoms with van der Waals surface area (Å²) >= 11 is 0. The van der Waals surface area contributed by atoms with Crippen LogP contribution in [0.3, 0.4) is 0 Å². The Morgan fingerprint density at radius 1 is 1.10 bits per heavy atom. The first-order chi connectivity index (χ1) is 14.3. The number of rotatable bonds is 7. The summed E-state index contributed by atoms with van der Waals surface area (Å²) in [4.78, 5) is 12.7. The molecule has 1 amide bonds. The average Bonchev–Trinajstić information content (AvgIpc) is 3.01. The second-order valence-electron chi connectivity index (χ2n) is 7.12. The molecule has 3 rings (SSSR count). The lowest BCUT2D eigenvalue weighted by Crippen LogP contribution is -2.28. The van der Waals surface area contributed by atoms with Gasteiger partial charge in [-0.15, -0.1) is 0 Å². The van der Waals surface area contributed by atoms with Crippen LogP contribution in [0.25, 0.3) is 5.69 Å². The van der Waals surface area contributed by atoms with Crippen molar-refractivity contribution in [3.05, 3.63) is 70.8 Å². The molecule has 7 heteroatoms. The van der Waals surface area contributed by atoms with Crippen LogP contribution in [0.1, 0.15) is 35.5 Å². The second-order valence-corrected chi connectivity index (χ2v) is 7.12. The van der Waals surface area contributed by atoms with Crippen molar-refractivity contribution in [1.29, 1.82) is 0 Å². The number of aromatic nitrogens is 2. The van der Waals surface area contributed by atoms with Gasteiger partial charge in [0, 0.05) is 11.3 Å².